The molecule has 0 heterocycles. The fraction of sp³-hybridized carbons (Fsp3) is 0.946. The molecule has 0 aromatic rings. The number of rotatable bonds is 70. The summed E-state index contributed by atoms with van der Waals surface area (Å²) in [6.07, 6.45) is 87.3. The normalized spacial score (nSPS) is 12.5. The zero-order valence-electron chi connectivity index (χ0n) is 54.6. The standard InChI is InChI=1S/C74H145NO5/c1-3-5-7-9-11-13-15-17-19-21-22-32-35-38-42-46-50-54-58-62-66-72(77)71(70-76)75-73(78)67-63-59-55-51-47-43-39-36-33-30-28-26-24-23-25-27-29-31-34-37-41-45-49-53-57-61-65-69-80-74(79)68-64-60-56-52-48-44-40-20-18-16-14-12-10-8-6-4-2/h62,66,71-72,76-77H,3-61,63-65,67-70H2,1-2H3,(H,75,78)/b66-62+. The molecule has 2 atom stereocenters. The zero-order valence-corrected chi connectivity index (χ0v) is 54.6. The molecule has 3 N–H and O–H groups in total. The van der Waals surface area contributed by atoms with E-state index in [2.05, 4.69) is 19.2 Å². The maximum atomic E-state index is 12.5. The number of aliphatic hydroxyl groups is 2. The molecule has 0 aliphatic heterocycles. The molecule has 6 nitrogen and oxygen atoms in total. The predicted octanol–water partition coefficient (Wildman–Crippen LogP) is 23.9. The number of esters is 1. The molecule has 0 aromatic carbocycles. The summed E-state index contributed by atoms with van der Waals surface area (Å²) in [5, 5.41) is 23.3. The summed E-state index contributed by atoms with van der Waals surface area (Å²) in [6, 6.07) is -0.626. The van der Waals surface area contributed by atoms with Crippen molar-refractivity contribution in [1.82, 2.24) is 5.32 Å². The molecule has 6 heteroatoms. The van der Waals surface area contributed by atoms with E-state index in [4.69, 9.17) is 4.74 Å². The van der Waals surface area contributed by atoms with E-state index >= 15 is 0 Å². The number of unbranched alkanes of at least 4 members (excludes halogenated alkanes) is 59. The monoisotopic (exact) mass is 1130 g/mol. The Morgan fingerprint density at radius 2 is 0.575 bits per heavy atom. The number of nitrogens with one attached hydrogen (secondary N) is 1. The van der Waals surface area contributed by atoms with Crippen LogP contribution in [0.1, 0.15) is 425 Å². The van der Waals surface area contributed by atoms with Gasteiger partial charge in [-0.05, 0) is 32.1 Å². The van der Waals surface area contributed by atoms with Crippen LogP contribution < -0.4 is 5.32 Å². The van der Waals surface area contributed by atoms with Gasteiger partial charge >= 0.3 is 5.97 Å². The Bertz CT molecular complexity index is 1210. The van der Waals surface area contributed by atoms with Gasteiger partial charge in [-0.15, -0.1) is 0 Å². The van der Waals surface area contributed by atoms with E-state index in [1.54, 1.807) is 6.08 Å². The maximum Gasteiger partial charge on any atom is 0.305 e. The SMILES string of the molecule is CCCCCCCCCCCCCCCCCCCC/C=C/C(O)C(CO)NC(=O)CCCCCCCCCCCCCCCCCCCCCCCCCCCCCOC(=O)CCCCCCCCCCCCCCCCCC. The van der Waals surface area contributed by atoms with Gasteiger partial charge in [-0.3, -0.25) is 9.59 Å². The summed E-state index contributed by atoms with van der Waals surface area (Å²) in [5.41, 5.74) is 0. The molecular weight excluding hydrogens is 983 g/mol. The summed E-state index contributed by atoms with van der Waals surface area (Å²) < 4.78 is 5.51. The Morgan fingerprint density at radius 1 is 0.338 bits per heavy atom. The van der Waals surface area contributed by atoms with E-state index in [1.807, 2.05) is 6.08 Å². The molecular formula is C74H145NO5. The maximum absolute atomic E-state index is 12.5. The van der Waals surface area contributed by atoms with Crippen molar-refractivity contribution in [3.63, 3.8) is 0 Å². The third kappa shape index (κ3) is 65.7. The van der Waals surface area contributed by atoms with Crippen molar-refractivity contribution in [3.05, 3.63) is 12.2 Å². The highest BCUT2D eigenvalue weighted by Gasteiger charge is 2.18. The Morgan fingerprint density at radius 3 is 0.850 bits per heavy atom. The number of allylic oxidation sites excluding steroid dienone is 1. The first kappa shape index (κ1) is 78.6. The van der Waals surface area contributed by atoms with Crippen molar-refractivity contribution >= 4 is 11.9 Å². The highest BCUT2D eigenvalue weighted by Crippen LogP contribution is 2.20. The number of carbonyl (C=O) groups is 2. The minimum Gasteiger partial charge on any atom is -0.466 e. The first-order valence-electron chi connectivity index (χ1n) is 37.0. The lowest BCUT2D eigenvalue weighted by atomic mass is 10.0. The highest BCUT2D eigenvalue weighted by molar-refractivity contribution is 5.76. The van der Waals surface area contributed by atoms with Crippen molar-refractivity contribution in [2.45, 2.75) is 437 Å². The molecule has 0 aromatic heterocycles. The molecule has 80 heavy (non-hydrogen) atoms. The second-order valence-electron chi connectivity index (χ2n) is 25.6. The Labute approximate surface area is 501 Å². The van der Waals surface area contributed by atoms with Gasteiger partial charge in [-0.1, -0.05) is 392 Å². The largest absolute Gasteiger partial charge is 0.466 e. The summed E-state index contributed by atoms with van der Waals surface area (Å²) in [5.74, 6) is -0.0382. The van der Waals surface area contributed by atoms with Crippen LogP contribution in [0.3, 0.4) is 0 Å². The lowest BCUT2D eigenvalue weighted by Crippen LogP contribution is -2.45. The number of ether oxygens (including phenoxy) is 1. The Balaban J connectivity index is 3.36. The Hall–Kier alpha value is -1.40. The van der Waals surface area contributed by atoms with Crippen molar-refractivity contribution in [1.29, 1.82) is 0 Å². The first-order chi connectivity index (χ1) is 39.5. The number of amides is 1. The fourth-order valence-corrected chi connectivity index (χ4v) is 11.9. The second-order valence-corrected chi connectivity index (χ2v) is 25.6. The third-order valence-corrected chi connectivity index (χ3v) is 17.6. The van der Waals surface area contributed by atoms with Gasteiger partial charge in [-0.2, -0.15) is 0 Å². The number of carbonyl (C=O) groups excluding carboxylic acids is 2. The molecule has 0 rings (SSSR count). The quantitative estimate of drug-likeness (QED) is 0.0320. The van der Waals surface area contributed by atoms with Crippen molar-refractivity contribution in [2.75, 3.05) is 13.2 Å². The van der Waals surface area contributed by atoms with E-state index in [-0.39, 0.29) is 18.5 Å². The Kier molecular flexibility index (Phi) is 68.9. The minimum atomic E-state index is -0.843. The fourth-order valence-electron chi connectivity index (χ4n) is 11.9. The first-order valence-corrected chi connectivity index (χ1v) is 37.0. The van der Waals surface area contributed by atoms with Crippen LogP contribution in [0.15, 0.2) is 12.2 Å². The van der Waals surface area contributed by atoms with Gasteiger partial charge in [-0.25, -0.2) is 0 Å². The molecule has 0 bridgehead atoms. The zero-order chi connectivity index (χ0) is 57.8. The van der Waals surface area contributed by atoms with Gasteiger partial charge in [0.1, 0.15) is 0 Å². The molecule has 0 saturated heterocycles. The summed E-state index contributed by atoms with van der Waals surface area (Å²) >= 11 is 0. The number of hydrogen-bond donors (Lipinski definition) is 3. The smallest absolute Gasteiger partial charge is 0.305 e. The van der Waals surface area contributed by atoms with Crippen LogP contribution in [-0.4, -0.2) is 47.4 Å². The molecule has 476 valence electrons. The number of aliphatic hydroxyl groups excluding tert-OH is 2. The van der Waals surface area contributed by atoms with Crippen LogP contribution >= 0.6 is 0 Å². The van der Waals surface area contributed by atoms with Crippen molar-refractivity contribution < 1.29 is 24.5 Å². The molecule has 0 fully saturated rings. The lowest BCUT2D eigenvalue weighted by Gasteiger charge is -2.20. The topological polar surface area (TPSA) is 95.9 Å². The van der Waals surface area contributed by atoms with Crippen LogP contribution in [0.5, 0.6) is 0 Å². The second kappa shape index (κ2) is 70.1. The predicted molar refractivity (Wildman–Crippen MR) is 352 cm³/mol. The summed E-state index contributed by atoms with van der Waals surface area (Å²) in [6.45, 7) is 4.96. The van der Waals surface area contributed by atoms with Gasteiger partial charge < -0.3 is 20.3 Å². The molecule has 0 aliphatic rings. The number of hydrogen-bond acceptors (Lipinski definition) is 5. The third-order valence-electron chi connectivity index (χ3n) is 17.6. The van der Waals surface area contributed by atoms with Crippen LogP contribution in [0.4, 0.5) is 0 Å². The molecule has 0 saturated carbocycles. The highest BCUT2D eigenvalue weighted by atomic mass is 16.5. The van der Waals surface area contributed by atoms with Crippen LogP contribution in [0, 0.1) is 0 Å². The molecule has 1 amide bonds. The molecule has 2 unspecified atom stereocenters. The molecule has 0 aliphatic carbocycles. The van der Waals surface area contributed by atoms with Crippen molar-refractivity contribution in [3.8, 4) is 0 Å². The average molecular weight is 1130 g/mol. The van der Waals surface area contributed by atoms with Crippen molar-refractivity contribution in [2.24, 2.45) is 0 Å². The van der Waals surface area contributed by atoms with E-state index < -0.39 is 12.1 Å². The lowest BCUT2D eigenvalue weighted by molar-refractivity contribution is -0.143. The minimum absolute atomic E-state index is 0.0223. The van der Waals surface area contributed by atoms with E-state index in [1.165, 1.54) is 360 Å². The van der Waals surface area contributed by atoms with Crippen LogP contribution in [-0.2, 0) is 14.3 Å². The van der Waals surface area contributed by atoms with Gasteiger partial charge in [0.25, 0.3) is 0 Å². The average Bonchev–Trinajstić information content (AvgIpc) is 3.46. The molecule has 0 spiro atoms. The van der Waals surface area contributed by atoms with E-state index in [0.717, 1.165) is 38.5 Å². The van der Waals surface area contributed by atoms with Crippen LogP contribution in [0.2, 0.25) is 0 Å². The van der Waals surface area contributed by atoms with Gasteiger partial charge in [0, 0.05) is 12.8 Å². The van der Waals surface area contributed by atoms with E-state index in [9.17, 15) is 19.8 Å². The van der Waals surface area contributed by atoms with Gasteiger partial charge in [0.05, 0.1) is 25.4 Å². The van der Waals surface area contributed by atoms with Gasteiger partial charge in [0.2, 0.25) is 5.91 Å². The van der Waals surface area contributed by atoms with Crippen LogP contribution in [0.25, 0.3) is 0 Å². The van der Waals surface area contributed by atoms with Gasteiger partial charge in [0.15, 0.2) is 0 Å². The summed E-state index contributed by atoms with van der Waals surface area (Å²) in [4.78, 5) is 24.6. The summed E-state index contributed by atoms with van der Waals surface area (Å²) in [7, 11) is 0. The van der Waals surface area contributed by atoms with E-state index in [0.29, 0.717) is 19.4 Å². The molecule has 0 radical (unpaired) electrons.